The smallest absolute Gasteiger partial charge is 0.247 e. The molecule has 2 heterocycles. The van der Waals surface area contributed by atoms with Gasteiger partial charge in [0.25, 0.3) is 0 Å². The summed E-state index contributed by atoms with van der Waals surface area (Å²) in [5.74, 6) is 2.88. The minimum Gasteiger partial charge on any atom is -0.493 e. The lowest BCUT2D eigenvalue weighted by Crippen LogP contribution is -2.52. The SMILES string of the molecule is COc1ccc(C2=NN(C3CCN(C(=O)CCSCCNCC(O)c4cc(Cl)c(N)c(Cl)c4)CC3)C(=O)[C@@H]3CC=CC[C@H]23)cc1OC. The molecular weight excluding hydrogens is 661 g/mol. The number of rotatable bonds is 13. The molecule has 5 rings (SSSR count). The highest BCUT2D eigenvalue weighted by atomic mass is 35.5. The molecule has 3 atom stereocenters. The Morgan fingerprint density at radius 2 is 1.74 bits per heavy atom. The van der Waals surface area contributed by atoms with Crippen molar-refractivity contribution in [3.8, 4) is 11.5 Å². The normalized spacial score (nSPS) is 20.5. The number of allylic oxidation sites excluding steroid dienone is 2. The number of fused-ring (bicyclic) bond motifs is 1. The second-order valence-corrected chi connectivity index (χ2v) is 14.0. The van der Waals surface area contributed by atoms with Crippen LogP contribution in [-0.4, -0.2) is 90.5 Å². The van der Waals surface area contributed by atoms with Crippen LogP contribution < -0.4 is 20.5 Å². The summed E-state index contributed by atoms with van der Waals surface area (Å²) in [6.07, 6.45) is 6.79. The van der Waals surface area contributed by atoms with Crippen LogP contribution in [0.1, 0.15) is 49.3 Å². The monoisotopic (exact) mass is 703 g/mol. The van der Waals surface area contributed by atoms with E-state index in [1.165, 1.54) is 0 Å². The lowest BCUT2D eigenvalue weighted by molar-refractivity contribution is -0.142. The van der Waals surface area contributed by atoms with Crippen molar-refractivity contribution in [1.82, 2.24) is 15.2 Å². The first-order chi connectivity index (χ1) is 22.7. The van der Waals surface area contributed by atoms with E-state index in [0.29, 0.717) is 90.4 Å². The second kappa shape index (κ2) is 16.4. The third-order valence-electron chi connectivity index (χ3n) is 9.09. The molecule has 13 heteroatoms. The number of aliphatic hydroxyl groups is 1. The number of anilines is 1. The Morgan fingerprint density at radius 1 is 1.06 bits per heavy atom. The van der Waals surface area contributed by atoms with E-state index >= 15 is 0 Å². The van der Waals surface area contributed by atoms with Crippen LogP contribution in [0, 0.1) is 11.8 Å². The minimum atomic E-state index is -0.760. The fourth-order valence-corrected chi connectivity index (χ4v) is 7.72. The number of hydrazone groups is 1. The van der Waals surface area contributed by atoms with Crippen LogP contribution in [-0.2, 0) is 9.59 Å². The average molecular weight is 705 g/mol. The van der Waals surface area contributed by atoms with Gasteiger partial charge in [0.15, 0.2) is 11.5 Å². The van der Waals surface area contributed by atoms with Crippen molar-refractivity contribution in [3.63, 3.8) is 0 Å². The van der Waals surface area contributed by atoms with Crippen molar-refractivity contribution in [2.24, 2.45) is 16.9 Å². The molecule has 2 amide bonds. The van der Waals surface area contributed by atoms with Crippen LogP contribution in [0.2, 0.25) is 10.0 Å². The van der Waals surface area contributed by atoms with E-state index in [1.54, 1.807) is 43.1 Å². The number of piperidine rings is 1. The topological polar surface area (TPSA) is 130 Å². The van der Waals surface area contributed by atoms with Crippen molar-refractivity contribution in [1.29, 1.82) is 0 Å². The maximum Gasteiger partial charge on any atom is 0.247 e. The molecule has 0 radical (unpaired) electrons. The molecule has 0 spiro atoms. The molecule has 1 unspecified atom stereocenters. The number of benzene rings is 2. The fourth-order valence-electron chi connectivity index (χ4n) is 6.40. The Morgan fingerprint density at radius 3 is 2.43 bits per heavy atom. The zero-order valence-corrected chi connectivity index (χ0v) is 29.1. The lowest BCUT2D eigenvalue weighted by atomic mass is 9.76. The molecular formula is C34H43Cl2N5O5S. The van der Waals surface area contributed by atoms with Gasteiger partial charge < -0.3 is 30.5 Å². The van der Waals surface area contributed by atoms with E-state index in [0.717, 1.165) is 23.4 Å². The van der Waals surface area contributed by atoms with E-state index in [1.807, 2.05) is 23.1 Å². The summed E-state index contributed by atoms with van der Waals surface area (Å²) in [7, 11) is 3.23. The van der Waals surface area contributed by atoms with Crippen LogP contribution >= 0.6 is 35.0 Å². The maximum absolute atomic E-state index is 13.7. The number of likely N-dealkylation sites (tertiary alicyclic amines) is 1. The number of hydrogen-bond acceptors (Lipinski definition) is 9. The summed E-state index contributed by atoms with van der Waals surface area (Å²) in [5, 5.41) is 21.0. The third kappa shape index (κ3) is 8.37. The summed E-state index contributed by atoms with van der Waals surface area (Å²) >= 11 is 13.8. The Labute approximate surface area is 290 Å². The molecule has 0 aromatic heterocycles. The maximum atomic E-state index is 13.7. The lowest BCUT2D eigenvalue weighted by Gasteiger charge is -2.42. The van der Waals surface area contributed by atoms with Crippen LogP contribution in [0.3, 0.4) is 0 Å². The summed E-state index contributed by atoms with van der Waals surface area (Å²) in [4.78, 5) is 28.6. The number of nitrogens with zero attached hydrogens (tertiary/aromatic N) is 3. The van der Waals surface area contributed by atoms with Crippen LogP contribution in [0.5, 0.6) is 11.5 Å². The van der Waals surface area contributed by atoms with Crippen LogP contribution in [0.4, 0.5) is 5.69 Å². The molecule has 4 N–H and O–H groups in total. The molecule has 0 bridgehead atoms. The van der Waals surface area contributed by atoms with E-state index < -0.39 is 6.10 Å². The predicted octanol–water partition coefficient (Wildman–Crippen LogP) is 5.16. The highest BCUT2D eigenvalue weighted by molar-refractivity contribution is 7.99. The van der Waals surface area contributed by atoms with Crippen LogP contribution in [0.15, 0.2) is 47.6 Å². The van der Waals surface area contributed by atoms with Gasteiger partial charge in [-0.1, -0.05) is 35.4 Å². The van der Waals surface area contributed by atoms with Gasteiger partial charge in [-0.15, -0.1) is 0 Å². The van der Waals surface area contributed by atoms with E-state index in [2.05, 4.69) is 17.5 Å². The van der Waals surface area contributed by atoms with Crippen molar-refractivity contribution < 1.29 is 24.2 Å². The molecule has 2 aliphatic heterocycles. The first-order valence-corrected chi connectivity index (χ1v) is 17.9. The third-order valence-corrected chi connectivity index (χ3v) is 10.7. The number of hydrogen-bond donors (Lipinski definition) is 3. The van der Waals surface area contributed by atoms with Gasteiger partial charge in [0.2, 0.25) is 11.8 Å². The van der Waals surface area contributed by atoms with Crippen molar-refractivity contribution in [2.45, 2.75) is 44.2 Å². The number of halogens is 2. The number of aliphatic hydroxyl groups excluding tert-OH is 1. The summed E-state index contributed by atoms with van der Waals surface area (Å²) < 4.78 is 11.0. The number of nitrogen functional groups attached to an aromatic ring is 1. The molecule has 2 aromatic carbocycles. The average Bonchev–Trinajstić information content (AvgIpc) is 3.09. The first kappa shape index (κ1) is 35.3. The number of ether oxygens (including phenoxy) is 2. The van der Waals surface area contributed by atoms with Crippen molar-refractivity contribution >= 4 is 58.2 Å². The van der Waals surface area contributed by atoms with Gasteiger partial charge in [-0.05, 0) is 61.6 Å². The minimum absolute atomic E-state index is 0.0169. The zero-order valence-electron chi connectivity index (χ0n) is 26.8. The number of methoxy groups -OCH3 is 2. The Hall–Kier alpha value is -2.96. The van der Waals surface area contributed by atoms with Gasteiger partial charge >= 0.3 is 0 Å². The molecule has 1 aliphatic carbocycles. The molecule has 0 saturated carbocycles. The number of thioether (sulfide) groups is 1. The molecule has 10 nitrogen and oxygen atoms in total. The summed E-state index contributed by atoms with van der Waals surface area (Å²) in [6.45, 7) is 2.24. The summed E-state index contributed by atoms with van der Waals surface area (Å²) in [6, 6.07) is 8.99. The second-order valence-electron chi connectivity index (χ2n) is 12.0. The van der Waals surface area contributed by atoms with Gasteiger partial charge in [0.05, 0.1) is 53.7 Å². The number of nitrogens with one attached hydrogen (secondary N) is 1. The first-order valence-electron chi connectivity index (χ1n) is 16.0. The Bertz CT molecular complexity index is 1480. The van der Waals surface area contributed by atoms with Gasteiger partial charge in [-0.25, -0.2) is 5.01 Å². The van der Waals surface area contributed by atoms with Crippen LogP contribution in [0.25, 0.3) is 0 Å². The molecule has 47 heavy (non-hydrogen) atoms. The van der Waals surface area contributed by atoms with Crippen molar-refractivity contribution in [3.05, 3.63) is 63.7 Å². The largest absolute Gasteiger partial charge is 0.493 e. The quantitative estimate of drug-likeness (QED) is 0.148. The Kier molecular flexibility index (Phi) is 12.4. The van der Waals surface area contributed by atoms with Gasteiger partial charge in [-0.2, -0.15) is 16.9 Å². The standard InChI is InChI=1S/C34H43Cl2N5O5S/c1-45-29-8-7-21(19-30(29)46-2)33-24-5-3-4-6-25(24)34(44)41(39-33)23-9-13-40(14-10-23)31(43)11-15-47-16-12-38-20-28(42)22-17-26(35)32(37)27(36)18-22/h3-4,7-8,17-19,23-25,28,38,42H,5-6,9-16,20,37H2,1-2H3/t24-,25+,28?/m0/s1. The van der Waals surface area contributed by atoms with E-state index in [4.69, 9.17) is 43.5 Å². The van der Waals surface area contributed by atoms with Gasteiger partial charge in [0.1, 0.15) is 0 Å². The number of carbonyl (C=O) groups excluding carboxylic acids is 2. The van der Waals surface area contributed by atoms with Crippen molar-refractivity contribution in [2.75, 3.05) is 57.6 Å². The van der Waals surface area contributed by atoms with Gasteiger partial charge in [-0.3, -0.25) is 9.59 Å². The summed E-state index contributed by atoms with van der Waals surface area (Å²) in [5.41, 5.74) is 8.51. The molecule has 2 aromatic rings. The molecule has 254 valence electrons. The zero-order chi connectivity index (χ0) is 33.5. The highest BCUT2D eigenvalue weighted by Gasteiger charge is 2.43. The van der Waals surface area contributed by atoms with E-state index in [-0.39, 0.29) is 29.7 Å². The number of carbonyl (C=O) groups is 2. The number of amides is 2. The molecule has 1 fully saturated rings. The highest BCUT2D eigenvalue weighted by Crippen LogP contribution is 2.38. The molecule has 3 aliphatic rings. The van der Waals surface area contributed by atoms with Gasteiger partial charge in [0, 0.05) is 55.6 Å². The Balaban J connectivity index is 1.08. The molecule has 1 saturated heterocycles. The number of nitrogens with two attached hydrogens (primary N) is 1. The van der Waals surface area contributed by atoms with E-state index in [9.17, 15) is 14.7 Å². The predicted molar refractivity (Wildman–Crippen MR) is 189 cm³/mol. The fraction of sp³-hybridized carbons (Fsp3) is 0.500.